The summed E-state index contributed by atoms with van der Waals surface area (Å²) in [6.07, 6.45) is 2.68. The van der Waals surface area contributed by atoms with E-state index >= 15 is 0 Å². The molecule has 1 aromatic heterocycles. The van der Waals surface area contributed by atoms with Crippen LogP contribution in [-0.4, -0.2) is 35.6 Å². The normalized spacial score (nSPS) is 12.8. The highest BCUT2D eigenvalue weighted by atomic mass is 16.7. The minimum atomic E-state index is 0.142. The van der Waals surface area contributed by atoms with Crippen LogP contribution in [0.4, 0.5) is 5.69 Å². The van der Waals surface area contributed by atoms with Crippen LogP contribution in [0, 0.1) is 0 Å². The number of fused-ring (bicyclic) bond motifs is 1. The summed E-state index contributed by atoms with van der Waals surface area (Å²) >= 11 is 0. The van der Waals surface area contributed by atoms with Gasteiger partial charge < -0.3 is 24.8 Å². The summed E-state index contributed by atoms with van der Waals surface area (Å²) in [5, 5.41) is 13.7. The molecular weight excluding hydrogens is 394 g/mol. The van der Waals surface area contributed by atoms with Crippen molar-refractivity contribution in [1.82, 2.24) is 15.5 Å². The lowest BCUT2D eigenvalue weighted by Gasteiger charge is -2.14. The number of anilines is 1. The van der Waals surface area contributed by atoms with E-state index in [0.29, 0.717) is 19.0 Å². The molecule has 2 aromatic carbocycles. The standard InChI is InChI=1S/C23H27N5O3/c1-16(2)31-20-6-4-18(5-7-20)27-23(25-14-19-10-12-26-28-19)24-11-9-17-3-8-21-22(13-17)30-15-29-21/h3-8,10,12-13,16H,9,11,14-15H2,1-2H3,(H,26,28)(H2,24,25,27). The summed E-state index contributed by atoms with van der Waals surface area (Å²) in [6, 6.07) is 15.8. The molecule has 0 atom stereocenters. The maximum atomic E-state index is 5.71. The molecule has 0 spiro atoms. The fourth-order valence-corrected chi connectivity index (χ4v) is 3.12. The van der Waals surface area contributed by atoms with Crippen molar-refractivity contribution in [1.29, 1.82) is 0 Å². The molecule has 3 aromatic rings. The zero-order valence-corrected chi connectivity index (χ0v) is 17.7. The number of guanidine groups is 1. The number of aromatic nitrogens is 2. The van der Waals surface area contributed by atoms with E-state index in [1.165, 1.54) is 5.56 Å². The molecule has 0 bridgehead atoms. The molecule has 0 saturated carbocycles. The molecule has 8 nitrogen and oxygen atoms in total. The SMILES string of the molecule is CC(C)Oc1ccc(NC(=NCc2ccn[nH]2)NCCc2ccc3c(c2)OCO3)cc1. The number of H-pyrrole nitrogens is 1. The van der Waals surface area contributed by atoms with E-state index in [4.69, 9.17) is 14.2 Å². The summed E-state index contributed by atoms with van der Waals surface area (Å²) in [7, 11) is 0. The van der Waals surface area contributed by atoms with Gasteiger partial charge in [-0.15, -0.1) is 0 Å². The first-order chi connectivity index (χ1) is 15.2. The first kappa shape index (κ1) is 20.6. The third-order valence-electron chi connectivity index (χ3n) is 4.60. The number of nitrogens with zero attached hydrogens (tertiary/aromatic N) is 2. The van der Waals surface area contributed by atoms with Crippen LogP contribution >= 0.6 is 0 Å². The van der Waals surface area contributed by atoms with Crippen molar-refractivity contribution in [2.24, 2.45) is 4.99 Å². The Balaban J connectivity index is 1.38. The van der Waals surface area contributed by atoms with Crippen molar-refractivity contribution >= 4 is 11.6 Å². The first-order valence-corrected chi connectivity index (χ1v) is 10.3. The zero-order valence-electron chi connectivity index (χ0n) is 17.7. The number of aromatic amines is 1. The number of rotatable bonds is 8. The lowest BCUT2D eigenvalue weighted by Crippen LogP contribution is -2.32. The molecule has 31 heavy (non-hydrogen) atoms. The minimum Gasteiger partial charge on any atom is -0.491 e. The summed E-state index contributed by atoms with van der Waals surface area (Å²) in [5.74, 6) is 3.12. The molecule has 0 aliphatic carbocycles. The van der Waals surface area contributed by atoms with Crippen LogP contribution in [0.1, 0.15) is 25.1 Å². The van der Waals surface area contributed by atoms with Gasteiger partial charge in [-0.1, -0.05) is 6.07 Å². The van der Waals surface area contributed by atoms with Gasteiger partial charge in [0.1, 0.15) is 5.75 Å². The molecule has 0 radical (unpaired) electrons. The molecule has 3 N–H and O–H groups in total. The fourth-order valence-electron chi connectivity index (χ4n) is 3.12. The highest BCUT2D eigenvalue weighted by Crippen LogP contribution is 2.32. The summed E-state index contributed by atoms with van der Waals surface area (Å²) in [6.45, 7) is 5.51. The molecule has 0 saturated heterocycles. The van der Waals surface area contributed by atoms with E-state index in [9.17, 15) is 0 Å². The van der Waals surface area contributed by atoms with E-state index in [0.717, 1.165) is 35.1 Å². The Kier molecular flexibility index (Phi) is 6.56. The summed E-state index contributed by atoms with van der Waals surface area (Å²) in [5.41, 5.74) is 3.03. The van der Waals surface area contributed by atoms with Gasteiger partial charge >= 0.3 is 0 Å². The predicted molar refractivity (Wildman–Crippen MR) is 120 cm³/mol. The topological polar surface area (TPSA) is 92.8 Å². The second-order valence-corrected chi connectivity index (χ2v) is 7.43. The molecular formula is C23H27N5O3. The quantitative estimate of drug-likeness (QED) is 0.379. The average molecular weight is 422 g/mol. The molecule has 0 unspecified atom stereocenters. The van der Waals surface area contributed by atoms with E-state index < -0.39 is 0 Å². The van der Waals surface area contributed by atoms with Crippen molar-refractivity contribution < 1.29 is 14.2 Å². The molecule has 1 aliphatic heterocycles. The van der Waals surface area contributed by atoms with Crippen molar-refractivity contribution in [2.45, 2.75) is 32.9 Å². The first-order valence-electron chi connectivity index (χ1n) is 10.3. The van der Waals surface area contributed by atoms with Crippen molar-refractivity contribution in [3.63, 3.8) is 0 Å². The van der Waals surface area contributed by atoms with Gasteiger partial charge in [-0.25, -0.2) is 4.99 Å². The van der Waals surface area contributed by atoms with Gasteiger partial charge in [-0.2, -0.15) is 5.10 Å². The van der Waals surface area contributed by atoms with Crippen LogP contribution in [-0.2, 0) is 13.0 Å². The predicted octanol–water partition coefficient (Wildman–Crippen LogP) is 3.73. The lowest BCUT2D eigenvalue weighted by molar-refractivity contribution is 0.174. The minimum absolute atomic E-state index is 0.142. The Morgan fingerprint density at radius 1 is 1.13 bits per heavy atom. The monoisotopic (exact) mass is 421 g/mol. The second kappa shape index (κ2) is 9.88. The fraction of sp³-hybridized carbons (Fsp3) is 0.304. The van der Waals surface area contributed by atoms with Crippen LogP contribution in [0.25, 0.3) is 0 Å². The highest BCUT2D eigenvalue weighted by molar-refractivity contribution is 5.93. The summed E-state index contributed by atoms with van der Waals surface area (Å²) in [4.78, 5) is 4.67. The number of hydrogen-bond donors (Lipinski definition) is 3. The molecule has 8 heteroatoms. The van der Waals surface area contributed by atoms with Gasteiger partial charge in [0.2, 0.25) is 6.79 Å². The average Bonchev–Trinajstić information content (AvgIpc) is 3.44. The second-order valence-electron chi connectivity index (χ2n) is 7.43. The lowest BCUT2D eigenvalue weighted by atomic mass is 10.1. The Labute approximate surface area is 181 Å². The van der Waals surface area contributed by atoms with Gasteiger partial charge in [-0.05, 0) is 68.3 Å². The summed E-state index contributed by atoms with van der Waals surface area (Å²) < 4.78 is 16.5. The third-order valence-corrected chi connectivity index (χ3v) is 4.60. The van der Waals surface area contributed by atoms with Gasteiger partial charge in [0.05, 0.1) is 18.3 Å². The third kappa shape index (κ3) is 5.91. The van der Waals surface area contributed by atoms with Gasteiger partial charge in [-0.3, -0.25) is 5.10 Å². The Morgan fingerprint density at radius 3 is 2.74 bits per heavy atom. The van der Waals surface area contributed by atoms with Crippen molar-refractivity contribution in [2.75, 3.05) is 18.7 Å². The molecule has 162 valence electrons. The van der Waals surface area contributed by atoms with Crippen LogP contribution in [0.3, 0.4) is 0 Å². The molecule has 4 rings (SSSR count). The number of ether oxygens (including phenoxy) is 3. The van der Waals surface area contributed by atoms with E-state index in [1.54, 1.807) is 6.20 Å². The molecule has 1 aliphatic rings. The van der Waals surface area contributed by atoms with Crippen LogP contribution in [0.15, 0.2) is 59.7 Å². The van der Waals surface area contributed by atoms with Crippen molar-refractivity contribution in [3.05, 3.63) is 66.0 Å². The Morgan fingerprint density at radius 2 is 1.97 bits per heavy atom. The number of aliphatic imine (C=N–C) groups is 1. The van der Waals surface area contributed by atoms with E-state index in [2.05, 4.69) is 31.9 Å². The van der Waals surface area contributed by atoms with Crippen LogP contribution < -0.4 is 24.8 Å². The molecule has 2 heterocycles. The maximum Gasteiger partial charge on any atom is 0.231 e. The number of benzene rings is 2. The highest BCUT2D eigenvalue weighted by Gasteiger charge is 2.13. The number of nitrogens with one attached hydrogen (secondary N) is 3. The Hall–Kier alpha value is -3.68. The van der Waals surface area contributed by atoms with Crippen LogP contribution in [0.2, 0.25) is 0 Å². The largest absolute Gasteiger partial charge is 0.491 e. The Bertz CT molecular complexity index is 1000. The smallest absolute Gasteiger partial charge is 0.231 e. The van der Waals surface area contributed by atoms with Gasteiger partial charge in [0, 0.05) is 18.4 Å². The zero-order chi connectivity index (χ0) is 21.5. The van der Waals surface area contributed by atoms with Crippen LogP contribution in [0.5, 0.6) is 17.2 Å². The van der Waals surface area contributed by atoms with Gasteiger partial charge in [0.15, 0.2) is 17.5 Å². The number of hydrogen-bond acceptors (Lipinski definition) is 5. The van der Waals surface area contributed by atoms with Crippen molar-refractivity contribution in [3.8, 4) is 17.2 Å². The molecule has 0 fully saturated rings. The maximum absolute atomic E-state index is 5.71. The van der Waals surface area contributed by atoms with E-state index in [-0.39, 0.29) is 12.9 Å². The van der Waals surface area contributed by atoms with Gasteiger partial charge in [0.25, 0.3) is 0 Å². The molecule has 0 amide bonds. The van der Waals surface area contributed by atoms with E-state index in [1.807, 2.05) is 56.3 Å².